The van der Waals surface area contributed by atoms with Crippen LogP contribution in [0, 0.1) is 13.8 Å². The Kier molecular flexibility index (Phi) is 4.03. The molecule has 1 atom stereocenters. The molecule has 1 aliphatic rings. The van der Waals surface area contributed by atoms with Crippen molar-refractivity contribution in [2.45, 2.75) is 33.2 Å². The van der Waals surface area contributed by atoms with Crippen molar-refractivity contribution in [3.05, 3.63) is 34.5 Å². The first-order valence-corrected chi connectivity index (χ1v) is 7.99. The smallest absolute Gasteiger partial charge is 0.340 e. The van der Waals surface area contributed by atoms with Crippen LogP contribution in [0.25, 0.3) is 11.3 Å². The summed E-state index contributed by atoms with van der Waals surface area (Å²) in [7, 11) is 4.67. The lowest BCUT2D eigenvalue weighted by Gasteiger charge is -2.28. The summed E-state index contributed by atoms with van der Waals surface area (Å²) in [5, 5.41) is 0. The Morgan fingerprint density at radius 1 is 1.12 bits per heavy atom. The van der Waals surface area contributed by atoms with Gasteiger partial charge in [-0.15, -0.1) is 0 Å². The molecule has 0 aliphatic carbocycles. The second-order valence-electron chi connectivity index (χ2n) is 6.21. The van der Waals surface area contributed by atoms with Gasteiger partial charge in [0.1, 0.15) is 0 Å². The van der Waals surface area contributed by atoms with Crippen LogP contribution in [0.3, 0.4) is 0 Å². The van der Waals surface area contributed by atoms with Gasteiger partial charge < -0.3 is 18.8 Å². The number of rotatable bonds is 3. The number of fused-ring (bicyclic) bond motifs is 3. The van der Waals surface area contributed by atoms with Gasteiger partial charge in [-0.1, -0.05) is 0 Å². The summed E-state index contributed by atoms with van der Waals surface area (Å²) in [5.74, 6) is 1.06. The van der Waals surface area contributed by atoms with Gasteiger partial charge in [-0.25, -0.2) is 4.79 Å². The molecule has 0 saturated heterocycles. The summed E-state index contributed by atoms with van der Waals surface area (Å²) in [6.07, 6.45) is 0.873. The van der Waals surface area contributed by atoms with Gasteiger partial charge in [0.15, 0.2) is 11.5 Å². The SMILES string of the molecule is COC(=O)c1c(C)c(C)n2c1-c1cc(OC)c(OC)cc1CC2C. The molecular formula is C19H23NO4. The molecule has 5 nitrogen and oxygen atoms in total. The summed E-state index contributed by atoms with van der Waals surface area (Å²) < 4.78 is 18.2. The first-order valence-electron chi connectivity index (χ1n) is 7.99. The molecule has 0 N–H and O–H groups in total. The third-order valence-electron chi connectivity index (χ3n) is 4.97. The van der Waals surface area contributed by atoms with Gasteiger partial charge >= 0.3 is 5.97 Å². The standard InChI is InChI=1S/C19H23NO4/c1-10-7-13-8-15(22-4)16(23-5)9-14(13)18-17(19(21)24-6)11(2)12(3)20(10)18/h8-10H,7H2,1-6H3. The van der Waals surface area contributed by atoms with E-state index in [0.29, 0.717) is 17.1 Å². The van der Waals surface area contributed by atoms with E-state index in [9.17, 15) is 4.79 Å². The number of esters is 1. The van der Waals surface area contributed by atoms with Crippen LogP contribution in [0.4, 0.5) is 0 Å². The maximum Gasteiger partial charge on any atom is 0.340 e. The number of nitrogens with zero attached hydrogens (tertiary/aromatic N) is 1. The van der Waals surface area contributed by atoms with Gasteiger partial charge in [0.2, 0.25) is 0 Å². The Morgan fingerprint density at radius 2 is 1.75 bits per heavy atom. The molecule has 0 amide bonds. The Hall–Kier alpha value is -2.43. The second-order valence-corrected chi connectivity index (χ2v) is 6.21. The first kappa shape index (κ1) is 16.4. The highest BCUT2D eigenvalue weighted by Gasteiger charge is 2.32. The number of methoxy groups -OCH3 is 3. The molecule has 0 radical (unpaired) electrons. The molecule has 2 aromatic rings. The zero-order valence-corrected chi connectivity index (χ0v) is 15.0. The third-order valence-corrected chi connectivity index (χ3v) is 4.97. The average Bonchev–Trinajstić information content (AvgIpc) is 2.85. The van der Waals surface area contributed by atoms with E-state index in [1.54, 1.807) is 14.2 Å². The van der Waals surface area contributed by atoms with Crippen molar-refractivity contribution >= 4 is 5.97 Å². The minimum absolute atomic E-state index is 0.253. The fourth-order valence-electron chi connectivity index (χ4n) is 3.71. The maximum atomic E-state index is 12.4. The topological polar surface area (TPSA) is 49.7 Å². The van der Waals surface area contributed by atoms with E-state index < -0.39 is 0 Å². The van der Waals surface area contributed by atoms with Gasteiger partial charge in [-0.2, -0.15) is 0 Å². The van der Waals surface area contributed by atoms with Crippen molar-refractivity contribution in [3.8, 4) is 22.8 Å². The van der Waals surface area contributed by atoms with Crippen LogP contribution in [0.15, 0.2) is 12.1 Å². The predicted molar refractivity (Wildman–Crippen MR) is 92.2 cm³/mol. The van der Waals surface area contributed by atoms with E-state index in [1.165, 1.54) is 7.11 Å². The molecule has 1 aromatic heterocycles. The van der Waals surface area contributed by atoms with Gasteiger partial charge in [0, 0.05) is 17.3 Å². The van der Waals surface area contributed by atoms with E-state index in [4.69, 9.17) is 14.2 Å². The molecule has 0 spiro atoms. The zero-order chi connectivity index (χ0) is 17.6. The molecule has 128 valence electrons. The van der Waals surface area contributed by atoms with E-state index >= 15 is 0 Å². The maximum absolute atomic E-state index is 12.4. The van der Waals surface area contributed by atoms with Gasteiger partial charge in [0.05, 0.1) is 32.6 Å². The minimum atomic E-state index is -0.306. The molecule has 5 heteroatoms. The van der Waals surface area contributed by atoms with Crippen LogP contribution in [0.2, 0.25) is 0 Å². The Morgan fingerprint density at radius 3 is 2.33 bits per heavy atom. The molecule has 1 aromatic carbocycles. The Balaban J connectivity index is 2.36. The van der Waals surface area contributed by atoms with Crippen LogP contribution in [0.1, 0.15) is 40.1 Å². The number of carbonyl (C=O) groups excluding carboxylic acids is 1. The second kappa shape index (κ2) is 5.89. The lowest BCUT2D eigenvalue weighted by atomic mass is 9.92. The van der Waals surface area contributed by atoms with Crippen LogP contribution >= 0.6 is 0 Å². The van der Waals surface area contributed by atoms with Gasteiger partial charge in [-0.3, -0.25) is 0 Å². The molecule has 0 bridgehead atoms. The first-order chi connectivity index (χ1) is 11.4. The van der Waals surface area contributed by atoms with Crippen molar-refractivity contribution in [1.29, 1.82) is 0 Å². The van der Waals surface area contributed by atoms with Crippen molar-refractivity contribution in [2.75, 3.05) is 21.3 Å². The molecule has 0 fully saturated rings. The normalized spacial score (nSPS) is 15.5. The monoisotopic (exact) mass is 329 g/mol. The fraction of sp³-hybridized carbons (Fsp3) is 0.421. The van der Waals surface area contributed by atoms with E-state index in [1.807, 2.05) is 26.0 Å². The molecule has 2 heterocycles. The number of carbonyl (C=O) groups is 1. The number of hydrogen-bond acceptors (Lipinski definition) is 4. The highest BCUT2D eigenvalue weighted by Crippen LogP contribution is 2.45. The lowest BCUT2D eigenvalue weighted by molar-refractivity contribution is 0.0601. The minimum Gasteiger partial charge on any atom is -0.493 e. The molecular weight excluding hydrogens is 306 g/mol. The summed E-state index contributed by atoms with van der Waals surface area (Å²) in [4.78, 5) is 12.4. The fourth-order valence-corrected chi connectivity index (χ4v) is 3.71. The molecule has 24 heavy (non-hydrogen) atoms. The van der Waals surface area contributed by atoms with E-state index in [2.05, 4.69) is 11.5 Å². The van der Waals surface area contributed by atoms with E-state index in [0.717, 1.165) is 34.5 Å². The van der Waals surface area contributed by atoms with Crippen molar-refractivity contribution in [1.82, 2.24) is 4.57 Å². The van der Waals surface area contributed by atoms with Crippen molar-refractivity contribution < 1.29 is 19.0 Å². The number of ether oxygens (including phenoxy) is 3. The highest BCUT2D eigenvalue weighted by molar-refractivity contribution is 5.99. The number of hydrogen-bond donors (Lipinski definition) is 0. The molecule has 0 saturated carbocycles. The van der Waals surface area contributed by atoms with Crippen LogP contribution in [-0.4, -0.2) is 31.9 Å². The third kappa shape index (κ3) is 2.19. The quantitative estimate of drug-likeness (QED) is 0.806. The van der Waals surface area contributed by atoms with Crippen LogP contribution in [0.5, 0.6) is 11.5 Å². The Labute approximate surface area is 142 Å². The lowest BCUT2D eigenvalue weighted by Crippen LogP contribution is -2.18. The summed E-state index contributed by atoms with van der Waals surface area (Å²) in [6.45, 7) is 6.18. The molecule has 1 aliphatic heterocycles. The van der Waals surface area contributed by atoms with Gasteiger partial charge in [0.25, 0.3) is 0 Å². The average molecular weight is 329 g/mol. The summed E-state index contributed by atoms with van der Waals surface area (Å²) >= 11 is 0. The number of aromatic nitrogens is 1. The van der Waals surface area contributed by atoms with Gasteiger partial charge in [-0.05, 0) is 50.5 Å². The summed E-state index contributed by atoms with van der Waals surface area (Å²) in [5.41, 5.74) is 5.75. The van der Waals surface area contributed by atoms with Crippen LogP contribution in [-0.2, 0) is 11.2 Å². The molecule has 3 rings (SSSR count). The van der Waals surface area contributed by atoms with Crippen molar-refractivity contribution in [2.24, 2.45) is 0 Å². The largest absolute Gasteiger partial charge is 0.493 e. The highest BCUT2D eigenvalue weighted by atomic mass is 16.5. The molecule has 1 unspecified atom stereocenters. The Bertz CT molecular complexity index is 820. The van der Waals surface area contributed by atoms with E-state index in [-0.39, 0.29) is 12.0 Å². The summed E-state index contributed by atoms with van der Waals surface area (Å²) in [6, 6.07) is 4.21. The predicted octanol–water partition coefficient (Wildman–Crippen LogP) is 3.69. The number of benzene rings is 1. The van der Waals surface area contributed by atoms with Crippen molar-refractivity contribution in [3.63, 3.8) is 0 Å². The zero-order valence-electron chi connectivity index (χ0n) is 15.0. The van der Waals surface area contributed by atoms with Crippen LogP contribution < -0.4 is 9.47 Å².